The summed E-state index contributed by atoms with van der Waals surface area (Å²) in [5, 5.41) is 6.15. The van der Waals surface area contributed by atoms with Gasteiger partial charge in [-0.15, -0.1) is 0 Å². The quantitative estimate of drug-likeness (QED) is 0.742. The highest BCUT2D eigenvalue weighted by Crippen LogP contribution is 2.23. The van der Waals surface area contributed by atoms with Crippen LogP contribution in [0.3, 0.4) is 0 Å². The number of hydrogen-bond acceptors (Lipinski definition) is 4. The molecule has 0 fully saturated rings. The largest absolute Gasteiger partial charge is 0.497 e. The molecule has 24 heavy (non-hydrogen) atoms. The van der Waals surface area contributed by atoms with Crippen LogP contribution in [0.15, 0.2) is 48.5 Å². The topological polar surface area (TPSA) is 59.6 Å². The van der Waals surface area contributed by atoms with Crippen LogP contribution in [0.2, 0.25) is 0 Å². The second kappa shape index (κ2) is 9.45. The normalized spacial score (nSPS) is 10.1. The van der Waals surface area contributed by atoms with E-state index in [2.05, 4.69) is 10.6 Å². The lowest BCUT2D eigenvalue weighted by atomic mass is 10.2. The third-order valence-electron chi connectivity index (χ3n) is 3.50. The molecule has 1 amide bonds. The minimum Gasteiger partial charge on any atom is -0.497 e. The average molecular weight is 328 g/mol. The van der Waals surface area contributed by atoms with E-state index >= 15 is 0 Å². The first kappa shape index (κ1) is 17.7. The molecule has 0 unspecified atom stereocenters. The summed E-state index contributed by atoms with van der Waals surface area (Å²) in [4.78, 5) is 11.9. The van der Waals surface area contributed by atoms with Gasteiger partial charge in [0, 0.05) is 19.5 Å². The summed E-state index contributed by atoms with van der Waals surface area (Å²) in [5.74, 6) is 1.62. The van der Waals surface area contributed by atoms with Crippen LogP contribution in [0.5, 0.6) is 11.5 Å². The molecular formula is C19H24N2O3. The number of rotatable bonds is 9. The van der Waals surface area contributed by atoms with Crippen LogP contribution >= 0.6 is 0 Å². The zero-order valence-corrected chi connectivity index (χ0v) is 14.2. The van der Waals surface area contributed by atoms with E-state index in [1.807, 2.05) is 55.5 Å². The van der Waals surface area contributed by atoms with E-state index in [4.69, 9.17) is 9.47 Å². The van der Waals surface area contributed by atoms with Crippen LogP contribution in [0.1, 0.15) is 18.9 Å². The van der Waals surface area contributed by atoms with Gasteiger partial charge in [0.1, 0.15) is 11.5 Å². The number of methoxy groups -OCH3 is 1. The fourth-order valence-corrected chi connectivity index (χ4v) is 2.24. The number of carbonyl (C=O) groups excluding carboxylic acids is 1. The van der Waals surface area contributed by atoms with Crippen LogP contribution in [-0.2, 0) is 11.3 Å². The first-order valence-corrected chi connectivity index (χ1v) is 8.08. The second-order valence-electron chi connectivity index (χ2n) is 5.23. The Morgan fingerprint density at radius 2 is 1.83 bits per heavy atom. The van der Waals surface area contributed by atoms with Crippen molar-refractivity contribution in [2.24, 2.45) is 0 Å². The van der Waals surface area contributed by atoms with Crippen molar-refractivity contribution in [1.29, 1.82) is 0 Å². The molecule has 0 saturated carbocycles. The van der Waals surface area contributed by atoms with Crippen LogP contribution in [-0.4, -0.2) is 26.2 Å². The summed E-state index contributed by atoms with van der Waals surface area (Å²) < 4.78 is 10.7. The molecule has 0 aromatic heterocycles. The first-order valence-electron chi connectivity index (χ1n) is 8.08. The molecule has 0 heterocycles. The molecule has 0 saturated heterocycles. The van der Waals surface area contributed by atoms with Gasteiger partial charge in [0.25, 0.3) is 0 Å². The SMILES string of the molecule is CCOc1ccccc1NCCC(=O)NCc1ccc(OC)cc1. The number of benzene rings is 2. The van der Waals surface area contributed by atoms with Gasteiger partial charge in [0.2, 0.25) is 5.91 Å². The smallest absolute Gasteiger partial charge is 0.222 e. The summed E-state index contributed by atoms with van der Waals surface area (Å²) in [6.07, 6.45) is 0.399. The van der Waals surface area contributed by atoms with Gasteiger partial charge in [-0.2, -0.15) is 0 Å². The lowest BCUT2D eigenvalue weighted by molar-refractivity contribution is -0.121. The van der Waals surface area contributed by atoms with E-state index in [-0.39, 0.29) is 5.91 Å². The van der Waals surface area contributed by atoms with Gasteiger partial charge in [0.05, 0.1) is 19.4 Å². The lowest BCUT2D eigenvalue weighted by Gasteiger charge is -2.12. The van der Waals surface area contributed by atoms with E-state index in [1.54, 1.807) is 7.11 Å². The zero-order chi connectivity index (χ0) is 17.2. The first-order chi connectivity index (χ1) is 11.7. The van der Waals surface area contributed by atoms with Crippen molar-refractivity contribution in [3.05, 3.63) is 54.1 Å². The standard InChI is InChI=1S/C19H24N2O3/c1-3-24-18-7-5-4-6-17(18)20-13-12-19(22)21-14-15-8-10-16(23-2)11-9-15/h4-11,20H,3,12-14H2,1-2H3,(H,21,22). The molecule has 2 aromatic rings. The zero-order valence-electron chi connectivity index (χ0n) is 14.2. The summed E-state index contributed by atoms with van der Waals surface area (Å²) >= 11 is 0. The van der Waals surface area contributed by atoms with Crippen LogP contribution < -0.4 is 20.1 Å². The molecule has 5 heteroatoms. The molecular weight excluding hydrogens is 304 g/mol. The Kier molecular flexibility index (Phi) is 6.95. The van der Waals surface area contributed by atoms with Gasteiger partial charge in [0.15, 0.2) is 0 Å². The molecule has 0 atom stereocenters. The van der Waals surface area contributed by atoms with Crippen molar-refractivity contribution in [3.8, 4) is 11.5 Å². The third kappa shape index (κ3) is 5.50. The van der Waals surface area contributed by atoms with Crippen LogP contribution in [0.25, 0.3) is 0 Å². The van der Waals surface area contributed by atoms with Crippen LogP contribution in [0.4, 0.5) is 5.69 Å². The fourth-order valence-electron chi connectivity index (χ4n) is 2.24. The molecule has 5 nitrogen and oxygen atoms in total. The molecule has 2 N–H and O–H groups in total. The predicted molar refractivity (Wildman–Crippen MR) is 95.6 cm³/mol. The van der Waals surface area contributed by atoms with Gasteiger partial charge < -0.3 is 20.1 Å². The number of carbonyl (C=O) groups is 1. The molecule has 0 aliphatic carbocycles. The Labute approximate surface area is 143 Å². The van der Waals surface area contributed by atoms with Gasteiger partial charge >= 0.3 is 0 Å². The van der Waals surface area contributed by atoms with Crippen molar-refractivity contribution >= 4 is 11.6 Å². The Morgan fingerprint density at radius 3 is 2.54 bits per heavy atom. The van der Waals surface area contributed by atoms with E-state index in [9.17, 15) is 4.79 Å². The lowest BCUT2D eigenvalue weighted by Crippen LogP contribution is -2.24. The predicted octanol–water partition coefficient (Wildman–Crippen LogP) is 3.21. The Bertz CT molecular complexity index is 641. The maximum absolute atomic E-state index is 11.9. The summed E-state index contributed by atoms with van der Waals surface area (Å²) in [5.41, 5.74) is 1.95. The highest BCUT2D eigenvalue weighted by molar-refractivity contribution is 5.76. The Hall–Kier alpha value is -2.69. The minimum absolute atomic E-state index is 0.00668. The summed E-state index contributed by atoms with van der Waals surface area (Å²) in [6, 6.07) is 15.4. The van der Waals surface area contributed by atoms with E-state index in [0.717, 1.165) is 22.7 Å². The van der Waals surface area contributed by atoms with E-state index < -0.39 is 0 Å². The number of para-hydroxylation sites is 2. The highest BCUT2D eigenvalue weighted by atomic mass is 16.5. The van der Waals surface area contributed by atoms with Crippen molar-refractivity contribution in [3.63, 3.8) is 0 Å². The van der Waals surface area contributed by atoms with E-state index in [1.165, 1.54) is 0 Å². The van der Waals surface area contributed by atoms with Crippen LogP contribution in [0, 0.1) is 0 Å². The molecule has 2 aromatic carbocycles. The molecule has 0 aliphatic heterocycles. The third-order valence-corrected chi connectivity index (χ3v) is 3.50. The maximum atomic E-state index is 11.9. The number of amides is 1. The van der Waals surface area contributed by atoms with Gasteiger partial charge in [-0.3, -0.25) is 4.79 Å². The molecule has 0 radical (unpaired) electrons. The van der Waals surface area contributed by atoms with Gasteiger partial charge in [-0.1, -0.05) is 24.3 Å². The van der Waals surface area contributed by atoms with Gasteiger partial charge in [-0.25, -0.2) is 0 Å². The molecule has 0 spiro atoms. The monoisotopic (exact) mass is 328 g/mol. The molecule has 128 valence electrons. The summed E-state index contributed by atoms with van der Waals surface area (Å²) in [7, 11) is 1.63. The summed E-state index contributed by atoms with van der Waals surface area (Å²) in [6.45, 7) is 3.63. The number of ether oxygens (including phenoxy) is 2. The van der Waals surface area contributed by atoms with Crippen molar-refractivity contribution < 1.29 is 14.3 Å². The molecule has 2 rings (SSSR count). The van der Waals surface area contributed by atoms with Crippen molar-refractivity contribution in [1.82, 2.24) is 5.32 Å². The second-order valence-corrected chi connectivity index (χ2v) is 5.23. The Balaban J connectivity index is 1.73. The van der Waals surface area contributed by atoms with Gasteiger partial charge in [-0.05, 0) is 36.8 Å². The number of hydrogen-bond donors (Lipinski definition) is 2. The van der Waals surface area contributed by atoms with E-state index in [0.29, 0.717) is 26.1 Å². The maximum Gasteiger partial charge on any atom is 0.222 e. The minimum atomic E-state index is 0.00668. The highest BCUT2D eigenvalue weighted by Gasteiger charge is 2.04. The fraction of sp³-hybridized carbons (Fsp3) is 0.316. The average Bonchev–Trinajstić information content (AvgIpc) is 2.62. The number of anilines is 1. The van der Waals surface area contributed by atoms with Crippen molar-refractivity contribution in [2.45, 2.75) is 19.9 Å². The Morgan fingerprint density at radius 1 is 1.08 bits per heavy atom. The molecule has 0 aliphatic rings. The van der Waals surface area contributed by atoms with Crippen molar-refractivity contribution in [2.75, 3.05) is 25.6 Å². The number of nitrogens with one attached hydrogen (secondary N) is 2. The molecule has 0 bridgehead atoms.